The highest BCUT2D eigenvalue weighted by atomic mass is 16.2. The Kier molecular flexibility index (Phi) is 2.42. The Labute approximate surface area is 104 Å². The Hall–Kier alpha value is -1.79. The summed E-state index contributed by atoms with van der Waals surface area (Å²) >= 11 is 0. The predicted octanol–water partition coefficient (Wildman–Crippen LogP) is 0.580. The van der Waals surface area contributed by atoms with Crippen LogP contribution in [-0.4, -0.2) is 37.3 Å². The molecule has 1 N–H and O–H groups in total. The van der Waals surface area contributed by atoms with Gasteiger partial charge in [-0.1, -0.05) is 18.1 Å². The first-order chi connectivity index (χ1) is 8.64. The maximum absolute atomic E-state index is 12.5. The molecule has 2 aliphatic rings. The Morgan fingerprint density at radius 1 is 1.33 bits per heavy atom. The smallest absolute Gasteiger partial charge is 0.236 e. The summed E-state index contributed by atoms with van der Waals surface area (Å²) in [5, 5.41) is 13.5. The molecule has 7 heteroatoms. The predicted molar refractivity (Wildman–Crippen MR) is 60.0 cm³/mol. The highest BCUT2D eigenvalue weighted by molar-refractivity contribution is 6.06. The van der Waals surface area contributed by atoms with Gasteiger partial charge in [-0.15, -0.1) is 10.2 Å². The summed E-state index contributed by atoms with van der Waals surface area (Å²) < 4.78 is 0. The molecule has 1 aromatic heterocycles. The van der Waals surface area contributed by atoms with Crippen LogP contribution in [0.15, 0.2) is 0 Å². The summed E-state index contributed by atoms with van der Waals surface area (Å²) in [5.74, 6) is 0.216. The van der Waals surface area contributed by atoms with Crippen LogP contribution in [0.2, 0.25) is 0 Å². The van der Waals surface area contributed by atoms with E-state index >= 15 is 0 Å². The highest BCUT2D eigenvalue weighted by Crippen LogP contribution is 2.48. The monoisotopic (exact) mass is 249 g/mol. The van der Waals surface area contributed by atoms with E-state index in [1.807, 2.05) is 0 Å². The minimum Gasteiger partial charge on any atom is -0.274 e. The number of hydrogen-bond donors (Lipinski definition) is 1. The molecule has 2 amide bonds. The van der Waals surface area contributed by atoms with Crippen molar-refractivity contribution in [1.82, 2.24) is 25.5 Å². The van der Waals surface area contributed by atoms with E-state index in [2.05, 4.69) is 20.6 Å². The van der Waals surface area contributed by atoms with Crippen molar-refractivity contribution in [3.8, 4) is 0 Å². The molecule has 0 bridgehead atoms. The molecule has 3 rings (SSSR count). The molecule has 1 aliphatic carbocycles. The fourth-order valence-electron chi connectivity index (χ4n) is 3.12. The van der Waals surface area contributed by atoms with Crippen molar-refractivity contribution >= 4 is 11.8 Å². The topological polar surface area (TPSA) is 91.8 Å². The first-order valence-electron chi connectivity index (χ1n) is 6.24. The van der Waals surface area contributed by atoms with Gasteiger partial charge in [-0.25, -0.2) is 0 Å². The molecule has 7 nitrogen and oxygen atoms in total. The Morgan fingerprint density at radius 2 is 2.06 bits per heavy atom. The van der Waals surface area contributed by atoms with Gasteiger partial charge in [0.15, 0.2) is 5.82 Å². The van der Waals surface area contributed by atoms with Crippen molar-refractivity contribution < 1.29 is 9.59 Å². The lowest BCUT2D eigenvalue weighted by Crippen LogP contribution is -2.36. The molecule has 1 unspecified atom stereocenters. The lowest BCUT2D eigenvalue weighted by Gasteiger charge is -2.23. The van der Waals surface area contributed by atoms with Gasteiger partial charge in [-0.2, -0.15) is 5.21 Å². The number of hydrogen-bond acceptors (Lipinski definition) is 5. The van der Waals surface area contributed by atoms with Crippen molar-refractivity contribution in [2.45, 2.75) is 45.1 Å². The summed E-state index contributed by atoms with van der Waals surface area (Å²) in [6.45, 7) is 1.76. The second kappa shape index (κ2) is 3.86. The van der Waals surface area contributed by atoms with Crippen LogP contribution in [0.3, 0.4) is 0 Å². The van der Waals surface area contributed by atoms with Crippen molar-refractivity contribution in [2.75, 3.05) is 0 Å². The molecule has 0 aromatic carbocycles. The zero-order valence-corrected chi connectivity index (χ0v) is 10.2. The van der Waals surface area contributed by atoms with Crippen LogP contribution >= 0.6 is 0 Å². The van der Waals surface area contributed by atoms with Crippen molar-refractivity contribution in [3.05, 3.63) is 5.82 Å². The van der Waals surface area contributed by atoms with E-state index in [1.165, 1.54) is 4.90 Å². The number of aromatic amines is 1. The van der Waals surface area contributed by atoms with E-state index < -0.39 is 11.5 Å². The van der Waals surface area contributed by atoms with E-state index in [9.17, 15) is 9.59 Å². The number of imide groups is 1. The maximum atomic E-state index is 12.5. The standard InChI is InChI=1S/C11H15N5O2/c1-7(9-12-14-15-13-9)16-8(17)6-11(10(16)18)4-2-3-5-11/h7H,2-6H2,1H3,(H,12,13,14,15). The van der Waals surface area contributed by atoms with Gasteiger partial charge in [0.1, 0.15) is 6.04 Å². The number of nitrogens with one attached hydrogen (secondary N) is 1. The molecule has 2 heterocycles. The van der Waals surface area contributed by atoms with Crippen LogP contribution in [0.4, 0.5) is 0 Å². The second-order valence-corrected chi connectivity index (χ2v) is 5.18. The average Bonchev–Trinajstić information content (AvgIpc) is 3.03. The molecule has 0 radical (unpaired) electrons. The average molecular weight is 249 g/mol. The molecular formula is C11H15N5O2. The number of rotatable bonds is 2. The Morgan fingerprint density at radius 3 is 2.67 bits per heavy atom. The van der Waals surface area contributed by atoms with E-state index in [-0.39, 0.29) is 11.8 Å². The number of H-pyrrole nitrogens is 1. The Bertz CT molecular complexity index is 478. The molecule has 1 spiro atoms. The third kappa shape index (κ3) is 1.46. The van der Waals surface area contributed by atoms with Crippen molar-refractivity contribution in [2.24, 2.45) is 5.41 Å². The SMILES string of the molecule is CC(c1nn[nH]n1)N1C(=O)CC2(CCCC2)C1=O. The first kappa shape index (κ1) is 11.3. The quantitative estimate of drug-likeness (QED) is 0.774. The molecular weight excluding hydrogens is 234 g/mol. The fourth-order valence-corrected chi connectivity index (χ4v) is 3.12. The zero-order valence-electron chi connectivity index (χ0n) is 10.2. The van der Waals surface area contributed by atoms with Gasteiger partial charge >= 0.3 is 0 Å². The zero-order chi connectivity index (χ0) is 12.8. The minimum absolute atomic E-state index is 0.0534. The van der Waals surface area contributed by atoms with Gasteiger partial charge < -0.3 is 0 Å². The van der Waals surface area contributed by atoms with Crippen LogP contribution in [0.25, 0.3) is 0 Å². The van der Waals surface area contributed by atoms with E-state index in [0.29, 0.717) is 12.2 Å². The van der Waals surface area contributed by atoms with Gasteiger partial charge in [0, 0.05) is 6.42 Å². The van der Waals surface area contributed by atoms with Crippen LogP contribution in [0.5, 0.6) is 0 Å². The van der Waals surface area contributed by atoms with E-state index in [1.54, 1.807) is 6.92 Å². The number of likely N-dealkylation sites (tertiary alicyclic amines) is 1. The van der Waals surface area contributed by atoms with Gasteiger partial charge in [0.05, 0.1) is 5.41 Å². The normalized spacial score (nSPS) is 24.2. The Balaban J connectivity index is 1.89. The van der Waals surface area contributed by atoms with E-state index in [4.69, 9.17) is 0 Å². The van der Waals surface area contributed by atoms with Crippen LogP contribution in [0.1, 0.15) is 50.9 Å². The number of tetrazole rings is 1. The number of carbonyl (C=O) groups excluding carboxylic acids is 2. The first-order valence-corrected chi connectivity index (χ1v) is 6.24. The molecule has 18 heavy (non-hydrogen) atoms. The summed E-state index contributed by atoms with van der Waals surface area (Å²) in [7, 11) is 0. The lowest BCUT2D eigenvalue weighted by molar-refractivity contribution is -0.144. The molecule has 1 saturated heterocycles. The summed E-state index contributed by atoms with van der Waals surface area (Å²) in [4.78, 5) is 25.9. The number of carbonyl (C=O) groups is 2. The molecule has 1 aromatic rings. The second-order valence-electron chi connectivity index (χ2n) is 5.18. The third-order valence-electron chi connectivity index (χ3n) is 4.11. The van der Waals surface area contributed by atoms with Gasteiger partial charge in [-0.3, -0.25) is 14.5 Å². The maximum Gasteiger partial charge on any atom is 0.236 e. The highest BCUT2D eigenvalue weighted by Gasteiger charge is 2.54. The molecule has 2 fully saturated rings. The van der Waals surface area contributed by atoms with Gasteiger partial charge in [-0.05, 0) is 19.8 Å². The number of nitrogens with zero attached hydrogens (tertiary/aromatic N) is 4. The fraction of sp³-hybridized carbons (Fsp3) is 0.727. The summed E-state index contributed by atoms with van der Waals surface area (Å²) in [6.07, 6.45) is 4.06. The molecule has 1 aliphatic heterocycles. The summed E-state index contributed by atoms with van der Waals surface area (Å²) in [5.41, 5.74) is -0.435. The van der Waals surface area contributed by atoms with Crippen molar-refractivity contribution in [3.63, 3.8) is 0 Å². The summed E-state index contributed by atoms with van der Waals surface area (Å²) in [6, 6.07) is -0.441. The van der Waals surface area contributed by atoms with Crippen molar-refractivity contribution in [1.29, 1.82) is 0 Å². The minimum atomic E-state index is -0.441. The largest absolute Gasteiger partial charge is 0.274 e. The molecule has 1 saturated carbocycles. The van der Waals surface area contributed by atoms with E-state index in [0.717, 1.165) is 25.7 Å². The van der Waals surface area contributed by atoms with Crippen LogP contribution < -0.4 is 0 Å². The van der Waals surface area contributed by atoms with Gasteiger partial charge in [0.25, 0.3) is 0 Å². The number of aromatic nitrogens is 4. The number of amides is 2. The molecule has 1 atom stereocenters. The van der Waals surface area contributed by atoms with Crippen LogP contribution in [0, 0.1) is 5.41 Å². The lowest BCUT2D eigenvalue weighted by atomic mass is 9.84. The van der Waals surface area contributed by atoms with Crippen LogP contribution in [-0.2, 0) is 9.59 Å². The van der Waals surface area contributed by atoms with Gasteiger partial charge in [0.2, 0.25) is 11.8 Å². The molecule has 96 valence electrons. The third-order valence-corrected chi connectivity index (χ3v) is 4.11.